The molecule has 0 aromatic carbocycles. The van der Waals surface area contributed by atoms with Gasteiger partial charge in [0.2, 0.25) is 5.91 Å². The minimum absolute atomic E-state index is 0.0142. The minimum atomic E-state index is -0.214. The van der Waals surface area contributed by atoms with Gasteiger partial charge in [0.15, 0.2) is 0 Å². The number of morpholine rings is 1. The highest BCUT2D eigenvalue weighted by molar-refractivity contribution is 5.85. The SMILES string of the molecule is CC(=O)O[C@H]1CC[C@@]2(C)C(CC[C@]3(C)C2CC[C@@H]2C4C(=CC5(C)CC5)CCC4(C(=O)N4CCN(CCCN5CCOCC5)CC4)CC[C@]23C)C1(C)C. The molecule has 0 N–H and O–H groups in total. The quantitative estimate of drug-likeness (QED) is 0.197. The van der Waals surface area contributed by atoms with Crippen LogP contribution >= 0.6 is 0 Å². The summed E-state index contributed by atoms with van der Waals surface area (Å²) in [6.45, 7) is 26.9. The predicted molar refractivity (Wildman–Crippen MR) is 207 cm³/mol. The number of piperazine rings is 1. The van der Waals surface area contributed by atoms with Gasteiger partial charge in [-0.15, -0.1) is 0 Å². The first-order chi connectivity index (χ1) is 24.7. The summed E-state index contributed by atoms with van der Waals surface area (Å²) < 4.78 is 11.6. The van der Waals surface area contributed by atoms with E-state index in [4.69, 9.17) is 9.47 Å². The number of carbonyl (C=O) groups is 2. The van der Waals surface area contributed by atoms with Gasteiger partial charge in [0.05, 0.1) is 18.6 Å². The summed E-state index contributed by atoms with van der Waals surface area (Å²) in [4.78, 5) is 34.8. The van der Waals surface area contributed by atoms with Crippen molar-refractivity contribution in [3.8, 4) is 0 Å². The van der Waals surface area contributed by atoms with Crippen LogP contribution in [0.15, 0.2) is 11.6 Å². The molecule has 6 saturated carbocycles. The van der Waals surface area contributed by atoms with Crippen LogP contribution in [0.3, 0.4) is 0 Å². The van der Waals surface area contributed by atoms with E-state index in [2.05, 4.69) is 62.3 Å². The molecule has 8 rings (SSSR count). The fourth-order valence-corrected chi connectivity index (χ4v) is 14.9. The van der Waals surface area contributed by atoms with Crippen LogP contribution in [0.1, 0.15) is 132 Å². The predicted octanol–water partition coefficient (Wildman–Crippen LogP) is 7.98. The van der Waals surface area contributed by atoms with Crippen LogP contribution in [0.5, 0.6) is 0 Å². The van der Waals surface area contributed by atoms with E-state index in [0.29, 0.717) is 35.0 Å². The van der Waals surface area contributed by atoms with Crippen molar-refractivity contribution in [3.63, 3.8) is 0 Å². The standard InChI is InChI=1S/C45H73N3O4/c1-32(49)52-37-13-14-42(5)35(40(37,2)3)12-15-44(7)36(42)10-9-34-38-33(31-41(4)17-18-41)11-16-45(38,20-19-43(34,44)6)39(50)48-25-23-46(24-26-48)21-8-22-47-27-29-51-30-28-47/h31,34-38H,8-30H2,1-7H3/t34-,35?,36?,37+,38?,42+,43-,44-,45?/m1/s1. The molecule has 4 unspecified atom stereocenters. The van der Waals surface area contributed by atoms with Crippen LogP contribution in [0, 0.1) is 56.2 Å². The second-order valence-electron chi connectivity index (χ2n) is 21.1. The highest BCUT2D eigenvalue weighted by Gasteiger charge is 2.72. The van der Waals surface area contributed by atoms with Gasteiger partial charge in [-0.1, -0.05) is 53.2 Å². The van der Waals surface area contributed by atoms with Gasteiger partial charge in [-0.25, -0.2) is 0 Å². The summed E-state index contributed by atoms with van der Waals surface area (Å²) in [6.07, 6.45) is 18.2. The third kappa shape index (κ3) is 5.98. The van der Waals surface area contributed by atoms with Crippen molar-refractivity contribution in [2.45, 2.75) is 138 Å². The fraction of sp³-hybridized carbons (Fsp3) is 0.911. The first-order valence-corrected chi connectivity index (χ1v) is 21.9. The highest BCUT2D eigenvalue weighted by atomic mass is 16.5. The number of esters is 1. The molecule has 0 radical (unpaired) electrons. The molecule has 52 heavy (non-hydrogen) atoms. The molecular formula is C45H73N3O4. The average molecular weight is 720 g/mol. The molecule has 292 valence electrons. The molecule has 0 aromatic heterocycles. The lowest BCUT2D eigenvalue weighted by Gasteiger charge is -2.72. The fourth-order valence-electron chi connectivity index (χ4n) is 14.9. The van der Waals surface area contributed by atoms with Crippen LogP contribution in [-0.2, 0) is 19.1 Å². The van der Waals surface area contributed by atoms with Crippen molar-refractivity contribution in [1.82, 2.24) is 14.7 Å². The second-order valence-corrected chi connectivity index (χ2v) is 21.1. The van der Waals surface area contributed by atoms with Gasteiger partial charge >= 0.3 is 5.97 Å². The van der Waals surface area contributed by atoms with Crippen molar-refractivity contribution >= 4 is 11.9 Å². The van der Waals surface area contributed by atoms with Gasteiger partial charge in [-0.2, -0.15) is 0 Å². The van der Waals surface area contributed by atoms with Gasteiger partial charge in [0.1, 0.15) is 6.10 Å². The van der Waals surface area contributed by atoms with Crippen molar-refractivity contribution < 1.29 is 19.1 Å². The summed E-state index contributed by atoms with van der Waals surface area (Å²) in [5, 5.41) is 0. The van der Waals surface area contributed by atoms with Gasteiger partial charge in [-0.3, -0.25) is 19.4 Å². The summed E-state index contributed by atoms with van der Waals surface area (Å²) in [7, 11) is 0. The van der Waals surface area contributed by atoms with Gasteiger partial charge < -0.3 is 14.4 Å². The Bertz CT molecular complexity index is 1410. The Balaban J connectivity index is 1.02. The Hall–Kier alpha value is -1.44. The Morgan fingerprint density at radius 3 is 2.12 bits per heavy atom. The number of fused-ring (bicyclic) bond motifs is 7. The molecule has 2 aliphatic heterocycles. The zero-order valence-corrected chi connectivity index (χ0v) is 34.2. The molecule has 1 amide bonds. The lowest BCUT2D eigenvalue weighted by Crippen LogP contribution is -2.67. The Kier molecular flexibility index (Phi) is 9.62. The smallest absolute Gasteiger partial charge is 0.302 e. The van der Waals surface area contributed by atoms with Crippen molar-refractivity contribution in [2.24, 2.45) is 56.2 Å². The molecule has 8 fully saturated rings. The first kappa shape index (κ1) is 37.5. The second kappa shape index (κ2) is 13.4. The third-order valence-electron chi connectivity index (χ3n) is 18.2. The highest BCUT2D eigenvalue weighted by Crippen LogP contribution is 2.77. The van der Waals surface area contributed by atoms with E-state index in [1.165, 1.54) is 51.4 Å². The van der Waals surface area contributed by atoms with Crippen LogP contribution in [-0.4, -0.2) is 98.3 Å². The number of allylic oxidation sites excluding steroid dienone is 2. The summed E-state index contributed by atoms with van der Waals surface area (Å²) in [5.41, 5.74) is 2.54. The van der Waals surface area contributed by atoms with E-state index in [-0.39, 0.29) is 39.1 Å². The van der Waals surface area contributed by atoms with E-state index in [9.17, 15) is 4.79 Å². The molecule has 7 nitrogen and oxygen atoms in total. The number of amides is 1. The summed E-state index contributed by atoms with van der Waals surface area (Å²) >= 11 is 0. The lowest BCUT2D eigenvalue weighted by molar-refractivity contribution is -0.246. The van der Waals surface area contributed by atoms with Gasteiger partial charge in [0, 0.05) is 51.6 Å². The Morgan fingerprint density at radius 2 is 1.44 bits per heavy atom. The molecule has 2 saturated heterocycles. The lowest BCUT2D eigenvalue weighted by atomic mass is 9.32. The zero-order valence-electron chi connectivity index (χ0n) is 34.2. The molecule has 0 aromatic rings. The van der Waals surface area contributed by atoms with Crippen LogP contribution in [0.4, 0.5) is 0 Å². The minimum Gasteiger partial charge on any atom is -0.462 e. The van der Waals surface area contributed by atoms with Crippen molar-refractivity contribution in [1.29, 1.82) is 0 Å². The normalized spacial score (nSPS) is 45.0. The van der Waals surface area contributed by atoms with Crippen molar-refractivity contribution in [3.05, 3.63) is 11.6 Å². The molecule has 7 heteroatoms. The van der Waals surface area contributed by atoms with Crippen LogP contribution in [0.2, 0.25) is 0 Å². The number of nitrogens with zero attached hydrogens (tertiary/aromatic N) is 3. The van der Waals surface area contributed by atoms with E-state index in [1.807, 2.05) is 0 Å². The third-order valence-corrected chi connectivity index (χ3v) is 18.2. The van der Waals surface area contributed by atoms with E-state index in [1.54, 1.807) is 12.5 Å². The molecular weight excluding hydrogens is 647 g/mol. The van der Waals surface area contributed by atoms with Crippen molar-refractivity contribution in [2.75, 3.05) is 65.6 Å². The average Bonchev–Trinajstić information content (AvgIpc) is 3.73. The Morgan fingerprint density at radius 1 is 0.750 bits per heavy atom. The maximum absolute atomic E-state index is 15.2. The maximum atomic E-state index is 15.2. The molecule has 9 atom stereocenters. The molecule has 2 heterocycles. The zero-order chi connectivity index (χ0) is 36.7. The summed E-state index contributed by atoms with van der Waals surface area (Å²) in [5.74, 6) is 2.61. The number of hydrogen-bond acceptors (Lipinski definition) is 6. The Labute approximate surface area is 316 Å². The van der Waals surface area contributed by atoms with Crippen LogP contribution < -0.4 is 0 Å². The van der Waals surface area contributed by atoms with E-state index in [0.717, 1.165) is 97.7 Å². The first-order valence-electron chi connectivity index (χ1n) is 21.9. The molecule has 6 aliphatic carbocycles. The molecule has 0 bridgehead atoms. The summed E-state index contributed by atoms with van der Waals surface area (Å²) in [6, 6.07) is 0. The molecule has 0 spiro atoms. The number of rotatable bonds is 7. The van der Waals surface area contributed by atoms with Crippen LogP contribution in [0.25, 0.3) is 0 Å². The molecule has 8 aliphatic rings. The number of hydrogen-bond donors (Lipinski definition) is 0. The monoisotopic (exact) mass is 720 g/mol. The van der Waals surface area contributed by atoms with E-state index >= 15 is 4.79 Å². The topological polar surface area (TPSA) is 62.3 Å². The largest absolute Gasteiger partial charge is 0.462 e. The van der Waals surface area contributed by atoms with E-state index < -0.39 is 0 Å². The number of ether oxygens (including phenoxy) is 2. The number of carbonyl (C=O) groups excluding carboxylic acids is 2. The maximum Gasteiger partial charge on any atom is 0.302 e. The van der Waals surface area contributed by atoms with Gasteiger partial charge in [-0.05, 0) is 142 Å². The van der Waals surface area contributed by atoms with Gasteiger partial charge in [0.25, 0.3) is 0 Å².